The minimum Gasteiger partial charge on any atom is -0.324 e. The number of imidazole rings is 1. The van der Waals surface area contributed by atoms with E-state index in [1.54, 1.807) is 0 Å². The van der Waals surface area contributed by atoms with Gasteiger partial charge in [0, 0.05) is 6.04 Å². The van der Waals surface area contributed by atoms with Gasteiger partial charge in [-0.25, -0.2) is 4.98 Å². The monoisotopic (exact) mass is 264 g/mol. The minimum atomic E-state index is -0.0583. The van der Waals surface area contributed by atoms with Crippen molar-refractivity contribution in [2.24, 2.45) is 0 Å². The second-order valence-corrected chi connectivity index (χ2v) is 5.74. The molecule has 0 saturated heterocycles. The third-order valence-corrected chi connectivity index (χ3v) is 3.57. The number of hydrogen-bond donors (Lipinski definition) is 0. The zero-order valence-electron chi connectivity index (χ0n) is 11.6. The molecule has 0 N–H and O–H groups in total. The van der Waals surface area contributed by atoms with Crippen molar-refractivity contribution in [2.75, 3.05) is 0 Å². The van der Waals surface area contributed by atoms with Crippen molar-refractivity contribution >= 4 is 22.6 Å². The first kappa shape index (κ1) is 13.4. The van der Waals surface area contributed by atoms with Crippen molar-refractivity contribution in [1.29, 1.82) is 0 Å². The number of aryl methyl sites for hydroxylation is 1. The molecule has 0 aliphatic carbocycles. The number of fused-ring (bicyclic) bond motifs is 1. The average molecular weight is 265 g/mol. The Morgan fingerprint density at radius 1 is 1.33 bits per heavy atom. The molecule has 0 amide bonds. The summed E-state index contributed by atoms with van der Waals surface area (Å²) in [7, 11) is 0. The smallest absolute Gasteiger partial charge is 0.127 e. The van der Waals surface area contributed by atoms with Crippen molar-refractivity contribution in [2.45, 2.75) is 52.0 Å². The predicted molar refractivity (Wildman–Crippen MR) is 78.4 cm³/mol. The van der Waals surface area contributed by atoms with Crippen molar-refractivity contribution in [3.05, 3.63) is 29.6 Å². The Labute approximate surface area is 114 Å². The molecule has 0 aliphatic rings. The van der Waals surface area contributed by atoms with Gasteiger partial charge in [-0.05, 0) is 44.9 Å². The van der Waals surface area contributed by atoms with Crippen LogP contribution in [-0.4, -0.2) is 9.55 Å². The molecular weight excluding hydrogens is 244 g/mol. The van der Waals surface area contributed by atoms with Crippen molar-refractivity contribution in [3.8, 4) is 0 Å². The average Bonchev–Trinajstić information content (AvgIpc) is 2.67. The van der Waals surface area contributed by atoms with Crippen molar-refractivity contribution in [1.82, 2.24) is 9.55 Å². The van der Waals surface area contributed by atoms with Gasteiger partial charge in [-0.1, -0.05) is 19.4 Å². The van der Waals surface area contributed by atoms with Crippen LogP contribution in [-0.2, 0) is 0 Å². The van der Waals surface area contributed by atoms with Crippen LogP contribution in [0.1, 0.15) is 56.4 Å². The molecule has 2 nitrogen and oxygen atoms in total. The van der Waals surface area contributed by atoms with Crippen LogP contribution >= 0.6 is 11.6 Å². The highest BCUT2D eigenvalue weighted by atomic mass is 35.5. The van der Waals surface area contributed by atoms with Crippen LogP contribution in [0.4, 0.5) is 0 Å². The Kier molecular flexibility index (Phi) is 3.96. The van der Waals surface area contributed by atoms with E-state index in [1.807, 2.05) is 6.92 Å². The summed E-state index contributed by atoms with van der Waals surface area (Å²) in [5.41, 5.74) is 3.52. The first-order chi connectivity index (χ1) is 8.54. The molecule has 0 fully saturated rings. The lowest BCUT2D eigenvalue weighted by atomic mass is 10.1. The van der Waals surface area contributed by atoms with Crippen LogP contribution in [0.5, 0.6) is 0 Å². The van der Waals surface area contributed by atoms with E-state index >= 15 is 0 Å². The summed E-state index contributed by atoms with van der Waals surface area (Å²) in [6.07, 6.45) is 2.32. The molecule has 0 saturated carbocycles. The molecule has 2 aromatic rings. The fraction of sp³-hybridized carbons (Fsp3) is 0.533. The quantitative estimate of drug-likeness (QED) is 0.710. The van der Waals surface area contributed by atoms with Crippen LogP contribution in [0.25, 0.3) is 11.0 Å². The molecule has 18 heavy (non-hydrogen) atoms. The van der Waals surface area contributed by atoms with E-state index in [2.05, 4.69) is 48.5 Å². The lowest BCUT2D eigenvalue weighted by Gasteiger charge is -2.18. The number of nitrogens with zero attached hydrogens (tertiary/aromatic N) is 2. The predicted octanol–water partition coefficient (Wildman–Crippen LogP) is 5.01. The van der Waals surface area contributed by atoms with Crippen LogP contribution in [0.2, 0.25) is 0 Å². The highest BCUT2D eigenvalue weighted by Gasteiger charge is 2.18. The van der Waals surface area contributed by atoms with E-state index in [0.717, 1.165) is 17.8 Å². The Morgan fingerprint density at radius 3 is 2.67 bits per heavy atom. The Hall–Kier alpha value is -1.02. The maximum atomic E-state index is 6.28. The summed E-state index contributed by atoms with van der Waals surface area (Å²) < 4.78 is 2.31. The van der Waals surface area contributed by atoms with Crippen LogP contribution < -0.4 is 0 Å². The molecule has 0 bridgehead atoms. The largest absolute Gasteiger partial charge is 0.324 e. The number of halogens is 1. The van der Waals surface area contributed by atoms with Gasteiger partial charge in [0.05, 0.1) is 16.4 Å². The normalized spacial score (nSPS) is 14.9. The maximum Gasteiger partial charge on any atom is 0.127 e. The number of aromatic nitrogens is 2. The summed E-state index contributed by atoms with van der Waals surface area (Å²) in [6.45, 7) is 8.57. The van der Waals surface area contributed by atoms with Gasteiger partial charge < -0.3 is 4.57 Å². The molecule has 2 unspecified atom stereocenters. The van der Waals surface area contributed by atoms with Crippen LogP contribution in [0.15, 0.2) is 18.2 Å². The molecular formula is C15H21ClN2. The van der Waals surface area contributed by atoms with E-state index in [-0.39, 0.29) is 5.38 Å². The van der Waals surface area contributed by atoms with E-state index in [9.17, 15) is 0 Å². The Balaban J connectivity index is 2.64. The molecule has 98 valence electrons. The van der Waals surface area contributed by atoms with Crippen molar-refractivity contribution in [3.63, 3.8) is 0 Å². The van der Waals surface area contributed by atoms with Gasteiger partial charge in [-0.15, -0.1) is 11.6 Å². The molecule has 0 spiro atoms. The van der Waals surface area contributed by atoms with Crippen LogP contribution in [0.3, 0.4) is 0 Å². The molecule has 1 heterocycles. The van der Waals surface area contributed by atoms with Gasteiger partial charge in [0.25, 0.3) is 0 Å². The van der Waals surface area contributed by atoms with E-state index in [1.165, 1.54) is 17.5 Å². The van der Waals surface area contributed by atoms with Gasteiger partial charge in [0.2, 0.25) is 0 Å². The third kappa shape index (κ3) is 2.39. The number of rotatable bonds is 4. The summed E-state index contributed by atoms with van der Waals surface area (Å²) >= 11 is 6.28. The first-order valence-corrected chi connectivity index (χ1v) is 7.10. The molecule has 2 rings (SSSR count). The number of alkyl halides is 1. The summed E-state index contributed by atoms with van der Waals surface area (Å²) in [5, 5.41) is -0.0583. The maximum absolute atomic E-state index is 6.28. The summed E-state index contributed by atoms with van der Waals surface area (Å²) in [4.78, 5) is 4.69. The van der Waals surface area contributed by atoms with E-state index < -0.39 is 0 Å². The summed E-state index contributed by atoms with van der Waals surface area (Å²) in [6, 6.07) is 6.84. The van der Waals surface area contributed by atoms with E-state index in [4.69, 9.17) is 11.6 Å². The SMILES string of the molecule is CCCC(C)n1c(C(C)Cl)nc2ccc(C)cc21. The second-order valence-electron chi connectivity index (χ2n) is 5.09. The fourth-order valence-electron chi connectivity index (χ4n) is 2.51. The van der Waals surface area contributed by atoms with Gasteiger partial charge in [-0.3, -0.25) is 0 Å². The lowest BCUT2D eigenvalue weighted by Crippen LogP contribution is -2.09. The Bertz CT molecular complexity index is 543. The highest BCUT2D eigenvalue weighted by Crippen LogP contribution is 2.30. The molecule has 0 aliphatic heterocycles. The number of hydrogen-bond acceptors (Lipinski definition) is 1. The minimum absolute atomic E-state index is 0.0583. The zero-order chi connectivity index (χ0) is 13.3. The third-order valence-electron chi connectivity index (χ3n) is 3.38. The second kappa shape index (κ2) is 5.31. The molecule has 1 aromatic heterocycles. The van der Waals surface area contributed by atoms with E-state index in [0.29, 0.717) is 6.04 Å². The standard InChI is InChI=1S/C15H21ClN2/c1-5-6-11(3)18-14-9-10(2)7-8-13(14)17-15(18)12(4)16/h7-9,11-12H,5-6H2,1-4H3. The first-order valence-electron chi connectivity index (χ1n) is 6.67. The Morgan fingerprint density at radius 2 is 2.06 bits per heavy atom. The van der Waals surface area contributed by atoms with Gasteiger partial charge in [0.1, 0.15) is 5.82 Å². The summed E-state index contributed by atoms with van der Waals surface area (Å²) in [5.74, 6) is 0.984. The van der Waals surface area contributed by atoms with Gasteiger partial charge >= 0.3 is 0 Å². The van der Waals surface area contributed by atoms with Gasteiger partial charge in [0.15, 0.2) is 0 Å². The fourth-order valence-corrected chi connectivity index (χ4v) is 2.67. The molecule has 3 heteroatoms. The van der Waals surface area contributed by atoms with Crippen molar-refractivity contribution < 1.29 is 0 Å². The highest BCUT2D eigenvalue weighted by molar-refractivity contribution is 6.20. The zero-order valence-corrected chi connectivity index (χ0v) is 12.3. The molecule has 2 atom stereocenters. The lowest BCUT2D eigenvalue weighted by molar-refractivity contribution is 0.494. The molecule has 0 radical (unpaired) electrons. The van der Waals surface area contributed by atoms with Crippen LogP contribution in [0, 0.1) is 6.92 Å². The van der Waals surface area contributed by atoms with Gasteiger partial charge in [-0.2, -0.15) is 0 Å². The topological polar surface area (TPSA) is 17.8 Å². The number of benzene rings is 1. The molecule has 1 aromatic carbocycles.